The first kappa shape index (κ1) is 7.89. The van der Waals surface area contributed by atoms with Crippen LogP contribution in [0.4, 0.5) is 0 Å². The Morgan fingerprint density at radius 2 is 1.89 bits per heavy atom. The van der Waals surface area contributed by atoms with Gasteiger partial charge in [-0.1, -0.05) is 0 Å². The summed E-state index contributed by atoms with van der Waals surface area (Å²) in [7, 11) is 0. The molecule has 9 heavy (non-hydrogen) atoms. The van der Waals surface area contributed by atoms with E-state index in [9.17, 15) is 0 Å². The van der Waals surface area contributed by atoms with Crippen LogP contribution in [0.1, 0.15) is 39.0 Å². The van der Waals surface area contributed by atoms with Crippen molar-refractivity contribution in [3.63, 3.8) is 0 Å². The van der Waals surface area contributed by atoms with E-state index in [0.717, 1.165) is 0 Å². The SMILES string of the molecule is CC[Te]C1CCCCC1. The van der Waals surface area contributed by atoms with E-state index in [1.807, 2.05) is 0 Å². The quantitative estimate of drug-likeness (QED) is 0.651. The Labute approximate surface area is 68.5 Å². The van der Waals surface area contributed by atoms with Crippen molar-refractivity contribution in [1.29, 1.82) is 0 Å². The maximum atomic E-state index is 2.36. The van der Waals surface area contributed by atoms with Gasteiger partial charge in [0.1, 0.15) is 0 Å². The molecule has 0 saturated heterocycles. The number of hydrogen-bond acceptors (Lipinski definition) is 0. The molecule has 0 spiro atoms. The molecular weight excluding hydrogens is 224 g/mol. The fourth-order valence-corrected chi connectivity index (χ4v) is 4.72. The summed E-state index contributed by atoms with van der Waals surface area (Å²) in [5.74, 6) is 0. The monoisotopic (exact) mass is 242 g/mol. The van der Waals surface area contributed by atoms with E-state index < -0.39 is 0 Å². The van der Waals surface area contributed by atoms with Gasteiger partial charge in [0.05, 0.1) is 0 Å². The first-order chi connectivity index (χ1) is 4.43. The molecule has 54 valence electrons. The summed E-state index contributed by atoms with van der Waals surface area (Å²) >= 11 is 0.447. The van der Waals surface area contributed by atoms with Crippen molar-refractivity contribution >= 4 is 20.9 Å². The molecule has 0 radical (unpaired) electrons. The van der Waals surface area contributed by atoms with Crippen LogP contribution >= 0.6 is 0 Å². The van der Waals surface area contributed by atoms with E-state index in [2.05, 4.69) is 6.92 Å². The van der Waals surface area contributed by atoms with Gasteiger partial charge in [-0.25, -0.2) is 0 Å². The molecule has 0 N–H and O–H groups in total. The van der Waals surface area contributed by atoms with Crippen molar-refractivity contribution in [3.8, 4) is 0 Å². The summed E-state index contributed by atoms with van der Waals surface area (Å²) in [6.45, 7) is 2.36. The second-order valence-electron chi connectivity index (χ2n) is 2.72. The second kappa shape index (κ2) is 4.58. The minimum atomic E-state index is 0.447. The normalized spacial score (nSPS) is 22.3. The topological polar surface area (TPSA) is 0 Å². The molecule has 0 aliphatic heterocycles. The van der Waals surface area contributed by atoms with Crippen molar-refractivity contribution in [3.05, 3.63) is 0 Å². The van der Waals surface area contributed by atoms with Crippen molar-refractivity contribution in [2.75, 3.05) is 0 Å². The first-order valence-corrected chi connectivity index (χ1v) is 7.04. The predicted octanol–water partition coefficient (Wildman–Crippen LogP) is 2.88. The Hall–Kier alpha value is 0.790. The van der Waals surface area contributed by atoms with E-state index in [4.69, 9.17) is 0 Å². The zero-order valence-corrected chi connectivity index (χ0v) is 8.56. The minimum absolute atomic E-state index is 0.447. The van der Waals surface area contributed by atoms with Gasteiger partial charge < -0.3 is 0 Å². The van der Waals surface area contributed by atoms with Crippen LogP contribution in [0.25, 0.3) is 0 Å². The molecule has 0 atom stereocenters. The van der Waals surface area contributed by atoms with Crippen molar-refractivity contribution < 1.29 is 0 Å². The second-order valence-corrected chi connectivity index (χ2v) is 7.22. The molecule has 1 fully saturated rings. The van der Waals surface area contributed by atoms with Gasteiger partial charge in [-0.2, -0.15) is 0 Å². The molecule has 1 saturated carbocycles. The van der Waals surface area contributed by atoms with Gasteiger partial charge in [-0.15, -0.1) is 0 Å². The standard InChI is InChI=1S/C8H16Te/c1-2-9-8-6-4-3-5-7-8/h8H,2-7H2,1H3. The van der Waals surface area contributed by atoms with Gasteiger partial charge in [0.25, 0.3) is 0 Å². The average Bonchev–Trinajstić information content (AvgIpc) is 1.91. The summed E-state index contributed by atoms with van der Waals surface area (Å²) in [6, 6.07) is 0. The van der Waals surface area contributed by atoms with Gasteiger partial charge in [-0.05, 0) is 0 Å². The van der Waals surface area contributed by atoms with Gasteiger partial charge in [0.2, 0.25) is 0 Å². The van der Waals surface area contributed by atoms with Crippen LogP contribution in [0.15, 0.2) is 0 Å². The van der Waals surface area contributed by atoms with Crippen molar-refractivity contribution in [2.24, 2.45) is 0 Å². The fourth-order valence-electron chi connectivity index (χ4n) is 1.47. The first-order valence-electron chi connectivity index (χ1n) is 4.05. The molecule has 0 bridgehead atoms. The molecule has 0 aromatic heterocycles. The molecular formula is C8H16Te. The summed E-state index contributed by atoms with van der Waals surface area (Å²) in [4.78, 5) is 0. The Bertz CT molecular complexity index is 62.2. The summed E-state index contributed by atoms with van der Waals surface area (Å²) in [5.41, 5.74) is 0. The Morgan fingerprint density at radius 3 is 2.44 bits per heavy atom. The molecule has 0 unspecified atom stereocenters. The van der Waals surface area contributed by atoms with Crippen LogP contribution in [0.2, 0.25) is 8.43 Å². The third kappa shape index (κ3) is 2.92. The summed E-state index contributed by atoms with van der Waals surface area (Å²) in [6.07, 6.45) is 7.75. The molecule has 0 heterocycles. The molecule has 1 aliphatic rings. The molecule has 1 heteroatoms. The molecule has 1 aliphatic carbocycles. The Kier molecular flexibility index (Phi) is 4.02. The molecule has 0 amide bonds. The number of rotatable bonds is 2. The zero-order chi connectivity index (χ0) is 6.53. The molecule has 0 aromatic rings. The van der Waals surface area contributed by atoms with Crippen LogP contribution in [0.5, 0.6) is 0 Å². The molecule has 0 aromatic carbocycles. The van der Waals surface area contributed by atoms with Gasteiger partial charge >= 0.3 is 68.4 Å². The van der Waals surface area contributed by atoms with Crippen LogP contribution in [-0.4, -0.2) is 20.9 Å². The van der Waals surface area contributed by atoms with Crippen LogP contribution in [0, 0.1) is 0 Å². The van der Waals surface area contributed by atoms with Gasteiger partial charge in [0, 0.05) is 0 Å². The van der Waals surface area contributed by atoms with Crippen molar-refractivity contribution in [2.45, 2.75) is 47.5 Å². The number of hydrogen-bond donors (Lipinski definition) is 0. The van der Waals surface area contributed by atoms with E-state index >= 15 is 0 Å². The van der Waals surface area contributed by atoms with E-state index in [-0.39, 0.29) is 0 Å². The predicted molar refractivity (Wildman–Crippen MR) is 43.1 cm³/mol. The molecule has 1 rings (SSSR count). The fraction of sp³-hybridized carbons (Fsp3) is 1.00. The average molecular weight is 240 g/mol. The zero-order valence-electron chi connectivity index (χ0n) is 6.23. The third-order valence-electron chi connectivity index (χ3n) is 1.95. The maximum absolute atomic E-state index is 2.36. The van der Waals surface area contributed by atoms with Gasteiger partial charge in [0.15, 0.2) is 0 Å². The third-order valence-corrected chi connectivity index (χ3v) is 5.60. The van der Waals surface area contributed by atoms with E-state index in [1.165, 1.54) is 27.7 Å². The molecule has 0 nitrogen and oxygen atoms in total. The summed E-state index contributed by atoms with van der Waals surface area (Å²) < 4.78 is 2.75. The van der Waals surface area contributed by atoms with E-state index in [0.29, 0.717) is 20.9 Å². The Balaban J connectivity index is 2.08. The van der Waals surface area contributed by atoms with Crippen LogP contribution < -0.4 is 0 Å². The van der Waals surface area contributed by atoms with Crippen LogP contribution in [0.3, 0.4) is 0 Å². The summed E-state index contributed by atoms with van der Waals surface area (Å²) in [5, 5.41) is 0. The Morgan fingerprint density at radius 1 is 1.22 bits per heavy atom. The van der Waals surface area contributed by atoms with Gasteiger partial charge in [-0.3, -0.25) is 0 Å². The van der Waals surface area contributed by atoms with E-state index in [1.54, 1.807) is 12.8 Å². The van der Waals surface area contributed by atoms with Crippen LogP contribution in [-0.2, 0) is 0 Å². The van der Waals surface area contributed by atoms with Crippen molar-refractivity contribution in [1.82, 2.24) is 0 Å².